The number of aromatic nitrogens is 3. The lowest BCUT2D eigenvalue weighted by molar-refractivity contribution is 0.968. The zero-order chi connectivity index (χ0) is 9.80. The van der Waals surface area contributed by atoms with E-state index in [1.807, 2.05) is 12.1 Å². The molecule has 0 bridgehead atoms. The largest absolute Gasteiger partial charge is 0.368 e. The maximum Gasteiger partial charge on any atom is 0.156 e. The lowest BCUT2D eigenvalue weighted by Gasteiger charge is -2.04. The Balaban J connectivity index is 2.43. The molecule has 2 heterocycles. The van der Waals surface area contributed by atoms with E-state index in [1.54, 1.807) is 12.5 Å². The first-order valence-corrected chi connectivity index (χ1v) is 4.71. The summed E-state index contributed by atoms with van der Waals surface area (Å²) in [7, 11) is 0. The van der Waals surface area contributed by atoms with Crippen LogP contribution in [0.15, 0.2) is 24.7 Å². The number of pyridine rings is 1. The molecule has 2 rings (SSSR count). The molecule has 72 valence electrons. The van der Waals surface area contributed by atoms with Gasteiger partial charge in [0.1, 0.15) is 11.8 Å². The van der Waals surface area contributed by atoms with Crippen LogP contribution in [0.3, 0.4) is 0 Å². The Hall–Kier alpha value is -1.71. The van der Waals surface area contributed by atoms with Crippen molar-refractivity contribution in [1.82, 2.24) is 15.0 Å². The van der Waals surface area contributed by atoms with Crippen LogP contribution in [0.4, 0.5) is 5.82 Å². The van der Waals surface area contributed by atoms with Gasteiger partial charge in [-0.2, -0.15) is 0 Å². The van der Waals surface area contributed by atoms with E-state index in [1.165, 1.54) is 0 Å². The summed E-state index contributed by atoms with van der Waals surface area (Å²) in [5, 5.41) is 3.22. The first-order chi connectivity index (χ1) is 6.92. The van der Waals surface area contributed by atoms with E-state index in [9.17, 15) is 0 Å². The first kappa shape index (κ1) is 8.87. The molecule has 14 heavy (non-hydrogen) atoms. The maximum absolute atomic E-state index is 4.25. The molecule has 0 radical (unpaired) electrons. The topological polar surface area (TPSA) is 50.7 Å². The fraction of sp³-hybridized carbons (Fsp3) is 0.300. The summed E-state index contributed by atoms with van der Waals surface area (Å²) in [5.41, 5.74) is 1.71. The minimum atomic E-state index is 0.817. The van der Waals surface area contributed by atoms with E-state index in [2.05, 4.69) is 27.2 Å². The summed E-state index contributed by atoms with van der Waals surface area (Å²) in [4.78, 5) is 12.5. The van der Waals surface area contributed by atoms with Gasteiger partial charge >= 0.3 is 0 Å². The van der Waals surface area contributed by atoms with Crippen LogP contribution in [-0.2, 0) is 0 Å². The van der Waals surface area contributed by atoms with Crippen LogP contribution in [0.2, 0.25) is 0 Å². The van der Waals surface area contributed by atoms with Crippen molar-refractivity contribution in [3.05, 3.63) is 24.7 Å². The molecule has 2 aromatic heterocycles. The molecular weight excluding hydrogens is 176 g/mol. The number of rotatable bonds is 3. The smallest absolute Gasteiger partial charge is 0.156 e. The molecule has 0 amide bonds. The second-order valence-electron chi connectivity index (χ2n) is 3.02. The number of nitrogens with one attached hydrogen (secondary N) is 1. The molecule has 2 aromatic rings. The molecule has 1 N–H and O–H groups in total. The summed E-state index contributed by atoms with van der Waals surface area (Å²) < 4.78 is 0. The highest BCUT2D eigenvalue weighted by Gasteiger charge is 2.01. The van der Waals surface area contributed by atoms with E-state index >= 15 is 0 Å². The van der Waals surface area contributed by atoms with Gasteiger partial charge in [0.2, 0.25) is 0 Å². The number of hydrogen-bond donors (Lipinski definition) is 1. The van der Waals surface area contributed by atoms with Crippen LogP contribution in [0.1, 0.15) is 13.3 Å². The summed E-state index contributed by atoms with van der Waals surface area (Å²) in [6, 6.07) is 3.81. The molecule has 0 spiro atoms. The summed E-state index contributed by atoms with van der Waals surface area (Å²) in [6.45, 7) is 3.02. The van der Waals surface area contributed by atoms with Gasteiger partial charge < -0.3 is 5.32 Å². The Kier molecular flexibility index (Phi) is 2.53. The molecule has 0 fully saturated rings. The molecule has 0 saturated carbocycles. The molecule has 0 aliphatic heterocycles. The van der Waals surface area contributed by atoms with Crippen molar-refractivity contribution in [2.45, 2.75) is 13.3 Å². The van der Waals surface area contributed by atoms with Gasteiger partial charge in [0.05, 0.1) is 5.52 Å². The van der Waals surface area contributed by atoms with Gasteiger partial charge in [-0.25, -0.2) is 9.97 Å². The second kappa shape index (κ2) is 4.00. The van der Waals surface area contributed by atoms with E-state index in [0.29, 0.717) is 0 Å². The van der Waals surface area contributed by atoms with Crippen LogP contribution < -0.4 is 5.32 Å². The number of hydrogen-bond acceptors (Lipinski definition) is 4. The molecule has 0 aliphatic rings. The van der Waals surface area contributed by atoms with Crippen LogP contribution in [0, 0.1) is 0 Å². The van der Waals surface area contributed by atoms with Gasteiger partial charge in [0.25, 0.3) is 0 Å². The van der Waals surface area contributed by atoms with Crippen LogP contribution in [0.5, 0.6) is 0 Å². The summed E-state index contributed by atoms with van der Waals surface area (Å²) in [5.74, 6) is 0.817. The third-order valence-electron chi connectivity index (χ3n) is 1.94. The third kappa shape index (κ3) is 1.64. The molecule has 0 saturated heterocycles. The minimum absolute atomic E-state index is 0.817. The van der Waals surface area contributed by atoms with Gasteiger partial charge in [-0.05, 0) is 18.6 Å². The number of nitrogens with zero attached hydrogens (tertiary/aromatic N) is 3. The fourth-order valence-electron chi connectivity index (χ4n) is 1.27. The average molecular weight is 188 g/mol. The zero-order valence-electron chi connectivity index (χ0n) is 8.07. The monoisotopic (exact) mass is 188 g/mol. The number of anilines is 1. The lowest BCUT2D eigenvalue weighted by Crippen LogP contribution is -2.03. The lowest BCUT2D eigenvalue weighted by atomic mass is 10.3. The van der Waals surface area contributed by atoms with Gasteiger partial charge in [0, 0.05) is 12.7 Å². The van der Waals surface area contributed by atoms with Gasteiger partial charge in [0.15, 0.2) is 5.82 Å². The van der Waals surface area contributed by atoms with Crippen molar-refractivity contribution in [1.29, 1.82) is 0 Å². The summed E-state index contributed by atoms with van der Waals surface area (Å²) >= 11 is 0. The van der Waals surface area contributed by atoms with Gasteiger partial charge in [-0.1, -0.05) is 6.92 Å². The van der Waals surface area contributed by atoms with Crippen molar-refractivity contribution in [2.24, 2.45) is 0 Å². The molecule has 0 aliphatic carbocycles. The van der Waals surface area contributed by atoms with E-state index < -0.39 is 0 Å². The Bertz CT molecular complexity index is 422. The SMILES string of the molecule is CCCNc1ncnc2cccnc12. The quantitative estimate of drug-likeness (QED) is 0.798. The van der Waals surface area contributed by atoms with Gasteiger partial charge in [-0.15, -0.1) is 0 Å². The molecule has 0 aromatic carbocycles. The summed E-state index contributed by atoms with van der Waals surface area (Å²) in [6.07, 6.45) is 4.38. The normalized spacial score (nSPS) is 10.4. The highest BCUT2D eigenvalue weighted by Crippen LogP contribution is 2.14. The standard InChI is InChI=1S/C10H12N4/c1-2-5-12-10-9-8(13-7-14-10)4-3-6-11-9/h3-4,6-7H,2,5H2,1H3,(H,12,13,14). The maximum atomic E-state index is 4.25. The fourth-order valence-corrected chi connectivity index (χ4v) is 1.27. The van der Waals surface area contributed by atoms with E-state index in [4.69, 9.17) is 0 Å². The van der Waals surface area contributed by atoms with Crippen LogP contribution in [-0.4, -0.2) is 21.5 Å². The Morgan fingerprint density at radius 2 is 2.21 bits per heavy atom. The molecular formula is C10H12N4. The first-order valence-electron chi connectivity index (χ1n) is 4.71. The highest BCUT2D eigenvalue weighted by atomic mass is 15.0. The van der Waals surface area contributed by atoms with Gasteiger partial charge in [-0.3, -0.25) is 4.98 Å². The van der Waals surface area contributed by atoms with Crippen molar-refractivity contribution in [2.75, 3.05) is 11.9 Å². The van der Waals surface area contributed by atoms with Crippen molar-refractivity contribution < 1.29 is 0 Å². The van der Waals surface area contributed by atoms with E-state index in [0.717, 1.165) is 29.8 Å². The van der Waals surface area contributed by atoms with Crippen LogP contribution in [0.25, 0.3) is 11.0 Å². The second-order valence-corrected chi connectivity index (χ2v) is 3.02. The highest BCUT2D eigenvalue weighted by molar-refractivity contribution is 5.84. The molecule has 0 atom stereocenters. The van der Waals surface area contributed by atoms with Crippen molar-refractivity contribution in [3.63, 3.8) is 0 Å². The predicted molar refractivity (Wildman–Crippen MR) is 56.1 cm³/mol. The molecule has 0 unspecified atom stereocenters. The van der Waals surface area contributed by atoms with E-state index in [-0.39, 0.29) is 0 Å². The van der Waals surface area contributed by atoms with Crippen LogP contribution >= 0.6 is 0 Å². The zero-order valence-corrected chi connectivity index (χ0v) is 8.07. The molecule has 4 nitrogen and oxygen atoms in total. The Labute approximate surface area is 82.4 Å². The molecule has 4 heteroatoms. The average Bonchev–Trinajstić information content (AvgIpc) is 2.26. The van der Waals surface area contributed by atoms with Crippen molar-refractivity contribution >= 4 is 16.9 Å². The predicted octanol–water partition coefficient (Wildman–Crippen LogP) is 1.85. The number of fused-ring (bicyclic) bond motifs is 1. The Morgan fingerprint density at radius 1 is 1.29 bits per heavy atom. The minimum Gasteiger partial charge on any atom is -0.368 e. The van der Waals surface area contributed by atoms with Crippen molar-refractivity contribution in [3.8, 4) is 0 Å². The Morgan fingerprint density at radius 3 is 3.07 bits per heavy atom. The third-order valence-corrected chi connectivity index (χ3v) is 1.94.